The summed E-state index contributed by atoms with van der Waals surface area (Å²) in [5.74, 6) is 0.514. The van der Waals surface area contributed by atoms with Crippen molar-refractivity contribution in [1.29, 1.82) is 0 Å². The monoisotopic (exact) mass is 242 g/mol. The maximum absolute atomic E-state index is 9.17. The molecule has 1 heterocycles. The van der Waals surface area contributed by atoms with E-state index in [9.17, 15) is 5.11 Å². The molecule has 0 amide bonds. The molecule has 1 rings (SSSR count). The van der Waals surface area contributed by atoms with E-state index in [4.69, 9.17) is 0 Å². The van der Waals surface area contributed by atoms with Gasteiger partial charge >= 0.3 is 0 Å². The molecule has 0 spiro atoms. The van der Waals surface area contributed by atoms with Crippen molar-refractivity contribution in [1.82, 2.24) is 10.2 Å². The molecular weight excluding hydrogens is 212 g/mol. The Kier molecular flexibility index (Phi) is 6.45. The largest absolute Gasteiger partial charge is 0.396 e. The highest BCUT2D eigenvalue weighted by molar-refractivity contribution is 4.84. The summed E-state index contributed by atoms with van der Waals surface area (Å²) in [5, 5.41) is 12.7. The molecule has 3 heteroatoms. The lowest BCUT2D eigenvalue weighted by Crippen LogP contribution is -2.41. The van der Waals surface area contributed by atoms with Gasteiger partial charge in [-0.05, 0) is 43.7 Å². The molecule has 0 aromatic rings. The summed E-state index contributed by atoms with van der Waals surface area (Å²) in [4.78, 5) is 2.53. The van der Waals surface area contributed by atoms with Gasteiger partial charge in [-0.3, -0.25) is 0 Å². The first-order valence-electron chi connectivity index (χ1n) is 7.17. The molecule has 3 nitrogen and oxygen atoms in total. The van der Waals surface area contributed by atoms with Crippen LogP contribution in [0.2, 0.25) is 0 Å². The van der Waals surface area contributed by atoms with E-state index in [0.717, 1.165) is 32.7 Å². The SMILES string of the molecule is CCCNCC(C)(CC)CN1CCC(CO)C1. The van der Waals surface area contributed by atoms with E-state index in [-0.39, 0.29) is 0 Å². The fourth-order valence-corrected chi connectivity index (χ4v) is 2.60. The van der Waals surface area contributed by atoms with Gasteiger partial charge in [-0.15, -0.1) is 0 Å². The molecule has 1 aliphatic rings. The lowest BCUT2D eigenvalue weighted by atomic mass is 9.86. The Hall–Kier alpha value is -0.120. The van der Waals surface area contributed by atoms with Crippen LogP contribution in [0.3, 0.4) is 0 Å². The van der Waals surface area contributed by atoms with Gasteiger partial charge in [0.15, 0.2) is 0 Å². The zero-order valence-corrected chi connectivity index (χ0v) is 11.8. The third-order valence-corrected chi connectivity index (χ3v) is 4.07. The predicted octanol–water partition coefficient (Wildman–Crippen LogP) is 1.72. The van der Waals surface area contributed by atoms with E-state index in [1.807, 2.05) is 0 Å². The Labute approximate surface area is 107 Å². The van der Waals surface area contributed by atoms with Gasteiger partial charge in [0.05, 0.1) is 0 Å². The molecule has 1 fully saturated rings. The topological polar surface area (TPSA) is 35.5 Å². The molecule has 2 N–H and O–H groups in total. The van der Waals surface area contributed by atoms with Gasteiger partial charge in [-0.1, -0.05) is 20.8 Å². The van der Waals surface area contributed by atoms with E-state index in [1.165, 1.54) is 19.3 Å². The van der Waals surface area contributed by atoms with Crippen LogP contribution in [-0.2, 0) is 0 Å². The molecule has 0 aliphatic carbocycles. The van der Waals surface area contributed by atoms with E-state index in [0.29, 0.717) is 17.9 Å². The van der Waals surface area contributed by atoms with E-state index in [1.54, 1.807) is 0 Å². The summed E-state index contributed by atoms with van der Waals surface area (Å²) in [6, 6.07) is 0. The quantitative estimate of drug-likeness (QED) is 0.636. The first-order chi connectivity index (χ1) is 8.13. The van der Waals surface area contributed by atoms with Crippen LogP contribution in [0.5, 0.6) is 0 Å². The summed E-state index contributed by atoms with van der Waals surface area (Å²) < 4.78 is 0. The van der Waals surface area contributed by atoms with Crippen LogP contribution < -0.4 is 5.32 Å². The lowest BCUT2D eigenvalue weighted by molar-refractivity contribution is 0.165. The second-order valence-corrected chi connectivity index (χ2v) is 5.91. The average molecular weight is 242 g/mol. The second kappa shape index (κ2) is 7.34. The number of aliphatic hydroxyl groups is 1. The average Bonchev–Trinajstić information content (AvgIpc) is 2.77. The molecule has 0 aromatic heterocycles. The van der Waals surface area contributed by atoms with Crippen LogP contribution in [-0.4, -0.2) is 49.3 Å². The minimum atomic E-state index is 0.355. The van der Waals surface area contributed by atoms with E-state index in [2.05, 4.69) is 31.0 Å². The van der Waals surface area contributed by atoms with Crippen LogP contribution in [0.15, 0.2) is 0 Å². The minimum Gasteiger partial charge on any atom is -0.396 e. The highest BCUT2D eigenvalue weighted by atomic mass is 16.3. The molecule has 0 aromatic carbocycles. The number of rotatable bonds is 8. The first kappa shape index (κ1) is 14.9. The highest BCUT2D eigenvalue weighted by Gasteiger charge is 2.29. The van der Waals surface area contributed by atoms with Gasteiger partial charge in [-0.25, -0.2) is 0 Å². The Morgan fingerprint density at radius 1 is 1.41 bits per heavy atom. The zero-order chi connectivity index (χ0) is 12.7. The number of nitrogens with one attached hydrogen (secondary N) is 1. The Balaban J connectivity index is 2.34. The van der Waals surface area contributed by atoms with Crippen LogP contribution in [0.4, 0.5) is 0 Å². The fraction of sp³-hybridized carbons (Fsp3) is 1.00. The number of hydrogen-bond donors (Lipinski definition) is 2. The van der Waals surface area contributed by atoms with E-state index >= 15 is 0 Å². The van der Waals surface area contributed by atoms with Crippen molar-refractivity contribution in [2.24, 2.45) is 11.3 Å². The van der Waals surface area contributed by atoms with Gasteiger partial charge < -0.3 is 15.3 Å². The Morgan fingerprint density at radius 2 is 2.18 bits per heavy atom. The molecule has 1 aliphatic heterocycles. The lowest BCUT2D eigenvalue weighted by Gasteiger charge is -2.33. The standard InChI is InChI=1S/C14H30N2O/c1-4-7-15-11-14(3,5-2)12-16-8-6-13(9-16)10-17/h13,15,17H,4-12H2,1-3H3. The summed E-state index contributed by atoms with van der Waals surface area (Å²) >= 11 is 0. The van der Waals surface area contributed by atoms with Gasteiger partial charge in [-0.2, -0.15) is 0 Å². The number of hydrogen-bond acceptors (Lipinski definition) is 3. The summed E-state index contributed by atoms with van der Waals surface area (Å²) in [7, 11) is 0. The fourth-order valence-electron chi connectivity index (χ4n) is 2.60. The van der Waals surface area contributed by atoms with Crippen molar-refractivity contribution < 1.29 is 5.11 Å². The third kappa shape index (κ3) is 4.94. The van der Waals surface area contributed by atoms with Crippen LogP contribution >= 0.6 is 0 Å². The molecule has 0 saturated carbocycles. The summed E-state index contributed by atoms with van der Waals surface area (Å²) in [6.45, 7) is 12.9. The summed E-state index contributed by atoms with van der Waals surface area (Å²) in [5.41, 5.74) is 0.375. The number of nitrogens with zero attached hydrogens (tertiary/aromatic N) is 1. The van der Waals surface area contributed by atoms with Crippen molar-refractivity contribution >= 4 is 0 Å². The third-order valence-electron chi connectivity index (χ3n) is 4.07. The molecule has 0 bridgehead atoms. The van der Waals surface area contributed by atoms with Gasteiger partial charge in [0.25, 0.3) is 0 Å². The zero-order valence-electron chi connectivity index (χ0n) is 11.8. The van der Waals surface area contributed by atoms with Gasteiger partial charge in [0.2, 0.25) is 0 Å². The highest BCUT2D eigenvalue weighted by Crippen LogP contribution is 2.25. The van der Waals surface area contributed by atoms with Crippen molar-refractivity contribution in [3.63, 3.8) is 0 Å². The van der Waals surface area contributed by atoms with Crippen molar-refractivity contribution in [2.45, 2.75) is 40.0 Å². The molecule has 0 radical (unpaired) electrons. The maximum Gasteiger partial charge on any atom is 0.0471 e. The predicted molar refractivity (Wildman–Crippen MR) is 73.2 cm³/mol. The molecular formula is C14H30N2O. The van der Waals surface area contributed by atoms with Crippen molar-refractivity contribution in [3.8, 4) is 0 Å². The number of aliphatic hydroxyl groups excluding tert-OH is 1. The molecule has 17 heavy (non-hydrogen) atoms. The number of likely N-dealkylation sites (tertiary alicyclic amines) is 1. The molecule has 2 unspecified atom stereocenters. The second-order valence-electron chi connectivity index (χ2n) is 5.91. The first-order valence-corrected chi connectivity index (χ1v) is 7.17. The van der Waals surface area contributed by atoms with Crippen LogP contribution in [0.25, 0.3) is 0 Å². The Morgan fingerprint density at radius 3 is 2.71 bits per heavy atom. The van der Waals surface area contributed by atoms with Gasteiger partial charge in [0, 0.05) is 26.2 Å². The maximum atomic E-state index is 9.17. The molecule has 1 saturated heterocycles. The van der Waals surface area contributed by atoms with Crippen LogP contribution in [0, 0.1) is 11.3 Å². The van der Waals surface area contributed by atoms with Gasteiger partial charge in [0.1, 0.15) is 0 Å². The van der Waals surface area contributed by atoms with E-state index < -0.39 is 0 Å². The summed E-state index contributed by atoms with van der Waals surface area (Å²) in [6.07, 6.45) is 3.58. The normalized spacial score (nSPS) is 25.1. The van der Waals surface area contributed by atoms with Crippen molar-refractivity contribution in [2.75, 3.05) is 39.3 Å². The molecule has 102 valence electrons. The smallest absolute Gasteiger partial charge is 0.0471 e. The molecule has 2 atom stereocenters. The Bertz CT molecular complexity index is 210. The minimum absolute atomic E-state index is 0.355. The van der Waals surface area contributed by atoms with Crippen LogP contribution in [0.1, 0.15) is 40.0 Å². The van der Waals surface area contributed by atoms with Crippen molar-refractivity contribution in [3.05, 3.63) is 0 Å².